The smallest absolute Gasteiger partial charge is 0.159 e. The van der Waals surface area contributed by atoms with E-state index in [0.717, 1.165) is 22.6 Å². The van der Waals surface area contributed by atoms with Crippen LogP contribution in [0.1, 0.15) is 0 Å². The number of hydrogen-bond acceptors (Lipinski definition) is 3. The second-order valence-electron chi connectivity index (χ2n) is 3.89. The normalized spacial score (nSPS) is 10.9. The van der Waals surface area contributed by atoms with Gasteiger partial charge in [-0.25, -0.2) is 9.97 Å². The Labute approximate surface area is 98.2 Å². The number of imidazole rings is 1. The van der Waals surface area contributed by atoms with E-state index in [2.05, 4.69) is 9.97 Å². The number of phenolic OH excluding ortho intramolecular Hbond substituents is 1. The predicted octanol–water partition coefficient (Wildman–Crippen LogP) is 2.34. The van der Waals surface area contributed by atoms with Crippen LogP contribution < -0.4 is 0 Å². The molecule has 0 radical (unpaired) electrons. The average Bonchev–Trinajstić information content (AvgIpc) is 2.68. The summed E-state index contributed by atoms with van der Waals surface area (Å²) in [7, 11) is 1.92. The molecule has 3 aromatic rings. The number of fused-ring (bicyclic) bond motifs is 1. The number of rotatable bonds is 1. The van der Waals surface area contributed by atoms with Gasteiger partial charge >= 0.3 is 0 Å². The maximum Gasteiger partial charge on any atom is 0.159 e. The Kier molecular flexibility index (Phi) is 2.08. The lowest BCUT2D eigenvalue weighted by atomic mass is 10.2. The molecule has 4 heteroatoms. The highest BCUT2D eigenvalue weighted by Crippen LogP contribution is 2.24. The van der Waals surface area contributed by atoms with Crippen LogP contribution in [0.4, 0.5) is 0 Å². The quantitative estimate of drug-likeness (QED) is 0.691. The Balaban J connectivity index is 2.27. The first-order chi connectivity index (χ1) is 8.25. The van der Waals surface area contributed by atoms with E-state index in [1.54, 1.807) is 24.4 Å². The lowest BCUT2D eigenvalue weighted by Gasteiger charge is -2.02. The lowest BCUT2D eigenvalue weighted by Crippen LogP contribution is -1.93. The van der Waals surface area contributed by atoms with Crippen LogP contribution in [-0.4, -0.2) is 19.6 Å². The molecule has 0 fully saturated rings. The van der Waals surface area contributed by atoms with Crippen LogP contribution in [0.15, 0.2) is 42.6 Å². The second kappa shape index (κ2) is 3.59. The summed E-state index contributed by atoms with van der Waals surface area (Å²) >= 11 is 0. The summed E-state index contributed by atoms with van der Waals surface area (Å²) in [6, 6.07) is 10.8. The molecule has 0 amide bonds. The molecule has 1 aromatic carbocycles. The lowest BCUT2D eigenvalue weighted by molar-refractivity contribution is 0.475. The van der Waals surface area contributed by atoms with Crippen molar-refractivity contribution in [3.05, 3.63) is 42.6 Å². The first-order valence-electron chi connectivity index (χ1n) is 5.32. The fraction of sp³-hybridized carbons (Fsp3) is 0.0769. The number of nitrogens with zero attached hydrogens (tertiary/aromatic N) is 3. The second-order valence-corrected chi connectivity index (χ2v) is 3.89. The molecule has 0 saturated heterocycles. The summed E-state index contributed by atoms with van der Waals surface area (Å²) in [5.74, 6) is 1.04. The molecular formula is C13H11N3O. The van der Waals surface area contributed by atoms with E-state index in [4.69, 9.17) is 0 Å². The molecule has 0 bridgehead atoms. The van der Waals surface area contributed by atoms with Crippen LogP contribution in [0, 0.1) is 0 Å². The van der Waals surface area contributed by atoms with Crippen LogP contribution in [0.2, 0.25) is 0 Å². The van der Waals surface area contributed by atoms with Gasteiger partial charge in [-0.1, -0.05) is 12.1 Å². The topological polar surface area (TPSA) is 50.9 Å². The van der Waals surface area contributed by atoms with Gasteiger partial charge in [-0.15, -0.1) is 0 Å². The van der Waals surface area contributed by atoms with Gasteiger partial charge in [0.25, 0.3) is 0 Å². The van der Waals surface area contributed by atoms with E-state index in [-0.39, 0.29) is 5.75 Å². The van der Waals surface area contributed by atoms with E-state index >= 15 is 0 Å². The van der Waals surface area contributed by atoms with Crippen molar-refractivity contribution >= 4 is 11.2 Å². The van der Waals surface area contributed by atoms with Crippen LogP contribution in [-0.2, 0) is 7.05 Å². The zero-order valence-electron chi connectivity index (χ0n) is 9.33. The number of hydrogen-bond donors (Lipinski definition) is 1. The maximum absolute atomic E-state index is 9.49. The van der Waals surface area contributed by atoms with Gasteiger partial charge in [0.05, 0.1) is 0 Å². The highest BCUT2D eigenvalue weighted by Gasteiger charge is 2.10. The van der Waals surface area contributed by atoms with Crippen molar-refractivity contribution in [3.63, 3.8) is 0 Å². The molecule has 0 aliphatic heterocycles. The molecule has 2 aromatic heterocycles. The molecule has 2 heterocycles. The van der Waals surface area contributed by atoms with E-state index in [9.17, 15) is 5.11 Å². The monoisotopic (exact) mass is 225 g/mol. The Morgan fingerprint density at radius 1 is 1.18 bits per heavy atom. The van der Waals surface area contributed by atoms with Crippen molar-refractivity contribution in [2.75, 3.05) is 0 Å². The van der Waals surface area contributed by atoms with Crippen LogP contribution in [0.5, 0.6) is 5.75 Å². The molecule has 0 atom stereocenters. The van der Waals surface area contributed by atoms with Gasteiger partial charge in [-0.3, -0.25) is 0 Å². The van der Waals surface area contributed by atoms with Gasteiger partial charge in [0, 0.05) is 18.8 Å². The van der Waals surface area contributed by atoms with E-state index < -0.39 is 0 Å². The summed E-state index contributed by atoms with van der Waals surface area (Å²) in [6.07, 6.45) is 1.75. The zero-order chi connectivity index (χ0) is 11.8. The minimum atomic E-state index is 0.238. The molecule has 0 aliphatic rings. The molecule has 0 saturated carbocycles. The minimum absolute atomic E-state index is 0.238. The minimum Gasteiger partial charge on any atom is -0.508 e. The summed E-state index contributed by atoms with van der Waals surface area (Å²) in [6.45, 7) is 0. The predicted molar refractivity (Wildman–Crippen MR) is 65.6 cm³/mol. The van der Waals surface area contributed by atoms with Crippen molar-refractivity contribution in [1.29, 1.82) is 0 Å². The third kappa shape index (κ3) is 1.54. The number of aryl methyl sites for hydroxylation is 1. The van der Waals surface area contributed by atoms with Crippen molar-refractivity contribution in [1.82, 2.24) is 14.5 Å². The third-order valence-corrected chi connectivity index (χ3v) is 2.73. The highest BCUT2D eigenvalue weighted by molar-refractivity contribution is 5.77. The number of aromatic nitrogens is 3. The Bertz CT molecular complexity index is 688. The fourth-order valence-electron chi connectivity index (χ4n) is 1.93. The van der Waals surface area contributed by atoms with Crippen molar-refractivity contribution in [2.24, 2.45) is 7.05 Å². The molecule has 0 aliphatic carbocycles. The molecular weight excluding hydrogens is 214 g/mol. The van der Waals surface area contributed by atoms with Gasteiger partial charge in [0.15, 0.2) is 5.65 Å². The number of aromatic hydroxyl groups is 1. The maximum atomic E-state index is 9.49. The standard InChI is InChI=1S/C13H11N3O/c1-16-12(9-4-2-5-10(17)8-9)15-11-6-3-7-14-13(11)16/h2-8,17H,1H3. The SMILES string of the molecule is Cn1c(-c2cccc(O)c2)nc2cccnc21. The number of phenols is 1. The van der Waals surface area contributed by atoms with Crippen molar-refractivity contribution in [3.8, 4) is 17.1 Å². The fourth-order valence-corrected chi connectivity index (χ4v) is 1.93. The zero-order valence-corrected chi connectivity index (χ0v) is 9.33. The summed E-state index contributed by atoms with van der Waals surface area (Å²) in [5.41, 5.74) is 2.57. The molecule has 17 heavy (non-hydrogen) atoms. The third-order valence-electron chi connectivity index (χ3n) is 2.73. The van der Waals surface area contributed by atoms with Gasteiger partial charge in [0.1, 0.15) is 17.1 Å². The Morgan fingerprint density at radius 2 is 2.06 bits per heavy atom. The molecule has 1 N–H and O–H groups in total. The molecule has 4 nitrogen and oxygen atoms in total. The van der Waals surface area contributed by atoms with E-state index in [0.29, 0.717) is 0 Å². The number of benzene rings is 1. The summed E-state index contributed by atoms with van der Waals surface area (Å²) in [5, 5.41) is 9.49. The average molecular weight is 225 g/mol. The van der Waals surface area contributed by atoms with Crippen LogP contribution >= 0.6 is 0 Å². The molecule has 0 unspecified atom stereocenters. The summed E-state index contributed by atoms with van der Waals surface area (Å²) in [4.78, 5) is 8.80. The van der Waals surface area contributed by atoms with E-state index in [1.165, 1.54) is 0 Å². The van der Waals surface area contributed by atoms with Crippen molar-refractivity contribution < 1.29 is 5.11 Å². The van der Waals surface area contributed by atoms with Crippen molar-refractivity contribution in [2.45, 2.75) is 0 Å². The molecule has 0 spiro atoms. The highest BCUT2D eigenvalue weighted by atomic mass is 16.3. The molecule has 3 rings (SSSR count). The first kappa shape index (κ1) is 9.84. The first-order valence-corrected chi connectivity index (χ1v) is 5.32. The van der Waals surface area contributed by atoms with E-state index in [1.807, 2.05) is 29.8 Å². The Morgan fingerprint density at radius 3 is 2.82 bits per heavy atom. The number of pyridine rings is 1. The van der Waals surface area contributed by atoms with Gasteiger partial charge in [-0.05, 0) is 24.3 Å². The Hall–Kier alpha value is -2.36. The molecule has 84 valence electrons. The van der Waals surface area contributed by atoms with Gasteiger partial charge in [0.2, 0.25) is 0 Å². The van der Waals surface area contributed by atoms with Crippen LogP contribution in [0.3, 0.4) is 0 Å². The largest absolute Gasteiger partial charge is 0.508 e. The van der Waals surface area contributed by atoms with Crippen LogP contribution in [0.25, 0.3) is 22.6 Å². The van der Waals surface area contributed by atoms with Gasteiger partial charge in [-0.2, -0.15) is 0 Å². The summed E-state index contributed by atoms with van der Waals surface area (Å²) < 4.78 is 1.92. The van der Waals surface area contributed by atoms with Gasteiger partial charge < -0.3 is 9.67 Å².